The van der Waals surface area contributed by atoms with E-state index in [2.05, 4.69) is 25.9 Å². The van der Waals surface area contributed by atoms with E-state index in [1.54, 1.807) is 24.7 Å². The molecule has 0 atom stereocenters. The van der Waals surface area contributed by atoms with Crippen molar-refractivity contribution in [2.45, 2.75) is 13.3 Å². The predicted octanol–water partition coefficient (Wildman–Crippen LogP) is 2.97. The van der Waals surface area contributed by atoms with Crippen LogP contribution in [0.4, 0.5) is 0 Å². The second-order valence-corrected chi connectivity index (χ2v) is 4.67. The van der Waals surface area contributed by atoms with Gasteiger partial charge in [0.1, 0.15) is 0 Å². The second kappa shape index (κ2) is 5.19. The van der Waals surface area contributed by atoms with Crippen LogP contribution in [0, 0.1) is 6.92 Å². The van der Waals surface area contributed by atoms with Crippen molar-refractivity contribution in [3.63, 3.8) is 0 Å². The molecule has 2 heterocycles. The fourth-order valence-electron chi connectivity index (χ4n) is 1.56. The number of ketones is 1. The van der Waals surface area contributed by atoms with Crippen LogP contribution in [0.1, 0.15) is 21.6 Å². The number of Topliss-reactive ketones (excluding diaryl/α,β-unsaturated/α-hetero) is 1. The lowest BCUT2D eigenvalue weighted by molar-refractivity contribution is 0.0991. The third kappa shape index (κ3) is 2.97. The van der Waals surface area contributed by atoms with E-state index in [9.17, 15) is 4.79 Å². The SMILES string of the molecule is Cc1cnccc1C(=O)Cc1ccc(Br)cn1. The Morgan fingerprint density at radius 1 is 1.29 bits per heavy atom. The van der Waals surface area contributed by atoms with E-state index in [1.165, 1.54) is 0 Å². The van der Waals surface area contributed by atoms with Crippen molar-refractivity contribution in [3.8, 4) is 0 Å². The molecule has 17 heavy (non-hydrogen) atoms. The number of nitrogens with zero attached hydrogens (tertiary/aromatic N) is 2. The third-order valence-corrected chi connectivity index (χ3v) is 2.92. The summed E-state index contributed by atoms with van der Waals surface area (Å²) in [4.78, 5) is 20.2. The van der Waals surface area contributed by atoms with Crippen LogP contribution in [0.5, 0.6) is 0 Å². The molecule has 0 unspecified atom stereocenters. The summed E-state index contributed by atoms with van der Waals surface area (Å²) in [5.74, 6) is 0.0692. The van der Waals surface area contributed by atoms with Gasteiger partial charge in [0.15, 0.2) is 5.78 Å². The first-order valence-corrected chi connectivity index (χ1v) is 6.00. The highest BCUT2D eigenvalue weighted by Crippen LogP contribution is 2.12. The van der Waals surface area contributed by atoms with Gasteiger partial charge in [0.05, 0.1) is 6.42 Å². The molecule has 3 nitrogen and oxygen atoms in total. The van der Waals surface area contributed by atoms with Crippen molar-refractivity contribution in [2.24, 2.45) is 0 Å². The summed E-state index contributed by atoms with van der Waals surface area (Å²) in [6, 6.07) is 5.48. The monoisotopic (exact) mass is 290 g/mol. The summed E-state index contributed by atoms with van der Waals surface area (Å²) in [7, 11) is 0. The molecule has 0 aliphatic heterocycles. The normalized spacial score (nSPS) is 10.2. The lowest BCUT2D eigenvalue weighted by Gasteiger charge is -2.03. The first-order chi connectivity index (χ1) is 8.16. The van der Waals surface area contributed by atoms with Gasteiger partial charge in [0.25, 0.3) is 0 Å². The van der Waals surface area contributed by atoms with Crippen molar-refractivity contribution in [1.82, 2.24) is 9.97 Å². The lowest BCUT2D eigenvalue weighted by Crippen LogP contribution is -2.07. The maximum atomic E-state index is 12.0. The summed E-state index contributed by atoms with van der Waals surface area (Å²) >= 11 is 3.31. The first-order valence-electron chi connectivity index (χ1n) is 5.21. The molecule has 2 aromatic rings. The van der Waals surface area contributed by atoms with Gasteiger partial charge in [-0.1, -0.05) is 0 Å². The smallest absolute Gasteiger partial charge is 0.169 e. The molecule has 2 rings (SSSR count). The van der Waals surface area contributed by atoms with Gasteiger partial charge in [0.2, 0.25) is 0 Å². The van der Waals surface area contributed by atoms with Crippen molar-refractivity contribution in [3.05, 3.63) is 58.1 Å². The van der Waals surface area contributed by atoms with E-state index in [4.69, 9.17) is 0 Å². The number of hydrogen-bond donors (Lipinski definition) is 0. The Kier molecular flexibility index (Phi) is 3.64. The molecule has 0 aromatic carbocycles. The molecule has 0 aliphatic carbocycles. The number of aromatic nitrogens is 2. The highest BCUT2D eigenvalue weighted by atomic mass is 79.9. The molecule has 0 N–H and O–H groups in total. The number of aryl methyl sites for hydroxylation is 1. The number of rotatable bonds is 3. The molecule has 86 valence electrons. The number of halogens is 1. The van der Waals surface area contributed by atoms with E-state index in [1.807, 2.05) is 19.1 Å². The lowest BCUT2D eigenvalue weighted by atomic mass is 10.0. The van der Waals surface area contributed by atoms with Gasteiger partial charge < -0.3 is 0 Å². The van der Waals surface area contributed by atoms with Gasteiger partial charge in [-0.25, -0.2) is 0 Å². The van der Waals surface area contributed by atoms with Gasteiger partial charge in [-0.3, -0.25) is 14.8 Å². The number of carbonyl (C=O) groups is 1. The Hall–Kier alpha value is -1.55. The average Bonchev–Trinajstić information content (AvgIpc) is 2.32. The Bertz CT molecular complexity index is 537. The first kappa shape index (κ1) is 11.9. The predicted molar refractivity (Wildman–Crippen MR) is 68.9 cm³/mol. The van der Waals surface area contributed by atoms with Gasteiger partial charge in [-0.05, 0) is 46.6 Å². The molecule has 0 saturated heterocycles. The fourth-order valence-corrected chi connectivity index (χ4v) is 1.79. The van der Waals surface area contributed by atoms with Crippen LogP contribution >= 0.6 is 15.9 Å². The fraction of sp³-hybridized carbons (Fsp3) is 0.154. The minimum absolute atomic E-state index is 0.0692. The summed E-state index contributed by atoms with van der Waals surface area (Å²) in [6.45, 7) is 1.88. The molecule has 0 amide bonds. The maximum Gasteiger partial charge on any atom is 0.169 e. The van der Waals surface area contributed by atoms with E-state index >= 15 is 0 Å². The summed E-state index contributed by atoms with van der Waals surface area (Å²) < 4.78 is 0.911. The number of hydrogen-bond acceptors (Lipinski definition) is 3. The standard InChI is InChI=1S/C13H11BrN2O/c1-9-7-15-5-4-12(9)13(17)6-11-3-2-10(14)8-16-11/h2-5,7-8H,6H2,1H3. The van der Waals surface area contributed by atoms with Gasteiger partial charge >= 0.3 is 0 Å². The van der Waals surface area contributed by atoms with E-state index in [0.717, 1.165) is 15.7 Å². The van der Waals surface area contributed by atoms with Crippen LogP contribution in [0.2, 0.25) is 0 Å². The number of pyridine rings is 2. The Morgan fingerprint density at radius 2 is 2.12 bits per heavy atom. The van der Waals surface area contributed by atoms with Crippen molar-refractivity contribution in [1.29, 1.82) is 0 Å². The van der Waals surface area contributed by atoms with Crippen molar-refractivity contribution in [2.75, 3.05) is 0 Å². The van der Waals surface area contributed by atoms with Crippen LogP contribution in [0.25, 0.3) is 0 Å². The third-order valence-electron chi connectivity index (χ3n) is 2.45. The molecule has 0 spiro atoms. The molecule has 0 fully saturated rings. The summed E-state index contributed by atoms with van der Waals surface area (Å²) in [5, 5.41) is 0. The Balaban J connectivity index is 2.17. The topological polar surface area (TPSA) is 42.9 Å². The van der Waals surface area contributed by atoms with E-state index in [0.29, 0.717) is 12.0 Å². The molecule has 2 aromatic heterocycles. The largest absolute Gasteiger partial charge is 0.294 e. The van der Waals surface area contributed by atoms with Gasteiger partial charge in [0, 0.05) is 34.3 Å². The molecule has 4 heteroatoms. The van der Waals surface area contributed by atoms with Crippen molar-refractivity contribution < 1.29 is 4.79 Å². The second-order valence-electron chi connectivity index (χ2n) is 3.76. The highest BCUT2D eigenvalue weighted by molar-refractivity contribution is 9.10. The minimum Gasteiger partial charge on any atom is -0.294 e. The quantitative estimate of drug-likeness (QED) is 0.816. The highest BCUT2D eigenvalue weighted by Gasteiger charge is 2.10. The molecular weight excluding hydrogens is 280 g/mol. The molecule has 0 radical (unpaired) electrons. The maximum absolute atomic E-state index is 12.0. The average molecular weight is 291 g/mol. The van der Waals surface area contributed by atoms with E-state index in [-0.39, 0.29) is 5.78 Å². The zero-order valence-corrected chi connectivity index (χ0v) is 10.9. The van der Waals surface area contributed by atoms with Crippen LogP contribution in [-0.2, 0) is 6.42 Å². The molecule has 0 bridgehead atoms. The summed E-state index contributed by atoms with van der Waals surface area (Å²) in [6.07, 6.45) is 5.34. The zero-order chi connectivity index (χ0) is 12.3. The van der Waals surface area contributed by atoms with Crippen LogP contribution in [-0.4, -0.2) is 15.8 Å². The van der Waals surface area contributed by atoms with E-state index < -0.39 is 0 Å². The van der Waals surface area contributed by atoms with Gasteiger partial charge in [-0.15, -0.1) is 0 Å². The Morgan fingerprint density at radius 3 is 2.76 bits per heavy atom. The molecule has 0 aliphatic rings. The Labute approximate surface area is 108 Å². The van der Waals surface area contributed by atoms with Crippen molar-refractivity contribution >= 4 is 21.7 Å². The molecule has 0 saturated carbocycles. The zero-order valence-electron chi connectivity index (χ0n) is 9.35. The number of carbonyl (C=O) groups excluding carboxylic acids is 1. The summed E-state index contributed by atoms with van der Waals surface area (Å²) in [5.41, 5.74) is 2.38. The van der Waals surface area contributed by atoms with Crippen LogP contribution < -0.4 is 0 Å². The van der Waals surface area contributed by atoms with Gasteiger partial charge in [-0.2, -0.15) is 0 Å². The van der Waals surface area contributed by atoms with Crippen LogP contribution in [0.15, 0.2) is 41.3 Å². The van der Waals surface area contributed by atoms with Crippen LogP contribution in [0.3, 0.4) is 0 Å². The molecular formula is C13H11BrN2O. The minimum atomic E-state index is 0.0692.